The number of fused-ring (bicyclic) bond motifs is 1. The van der Waals surface area contributed by atoms with E-state index in [1.807, 2.05) is 5.32 Å². The number of guanidine groups is 1. The normalized spacial score (nSPS) is 17.8. The minimum absolute atomic E-state index is 0.00244. The Kier molecular flexibility index (Phi) is 25.1. The number of aliphatic hydroxyl groups excluding tert-OH is 1. The molecule has 4 aromatic rings. The number of likely N-dealkylation sites (tertiary alicyclic amines) is 1. The van der Waals surface area contributed by atoms with Crippen LogP contribution in [0, 0.1) is 11.8 Å². The highest BCUT2D eigenvalue weighted by molar-refractivity contribution is 5.99. The predicted molar refractivity (Wildman–Crippen MR) is 333 cm³/mol. The molecule has 6 rings (SSSR count). The van der Waals surface area contributed by atoms with Gasteiger partial charge in [0.1, 0.15) is 60.1 Å². The number of phenolic OH excluding ortho intramolecular Hbond substituents is 1. The predicted octanol–water partition coefficient (Wildman–Crippen LogP) is -1.35. The van der Waals surface area contributed by atoms with E-state index >= 15 is 0 Å². The Morgan fingerprint density at radius 1 is 0.736 bits per heavy atom. The van der Waals surface area contributed by atoms with Gasteiger partial charge in [0, 0.05) is 88.0 Å². The van der Waals surface area contributed by atoms with Crippen molar-refractivity contribution >= 4 is 81.9 Å². The van der Waals surface area contributed by atoms with Crippen LogP contribution in [0.3, 0.4) is 0 Å². The highest BCUT2D eigenvalue weighted by Gasteiger charge is 2.40. The lowest BCUT2D eigenvalue weighted by atomic mass is 9.98. The largest absolute Gasteiger partial charge is 0.508 e. The zero-order valence-electron chi connectivity index (χ0n) is 56.4. The number of aromatic amines is 2. The topological polar surface area (TPSA) is 469 Å². The maximum atomic E-state index is 14.7. The van der Waals surface area contributed by atoms with E-state index in [4.69, 9.17) is 28.2 Å². The number of nitrogens with zero attached hydrogens (tertiary/aromatic N) is 3. The molecule has 2 fully saturated rings. The average molecular weight is 1270 g/mol. The summed E-state index contributed by atoms with van der Waals surface area (Å²) < 4.78 is 38.6. The van der Waals surface area contributed by atoms with E-state index in [0.717, 1.165) is 11.8 Å². The molecule has 2 aliphatic heterocycles. The Hall–Kier alpha value is -9.61. The summed E-state index contributed by atoms with van der Waals surface area (Å²) in [5.74, 6) is -10.1. The number of likely N-dealkylation sites (N-methyl/N-ethyl adjacent to an activating group) is 1. The number of para-hydroxylation sites is 1. The maximum Gasteiger partial charge on any atom is 0.300 e. The number of aromatic hydroxyl groups is 1. The molecule has 496 valence electrons. The number of amides is 10. The number of aliphatic carboxylic acids is 1. The summed E-state index contributed by atoms with van der Waals surface area (Å²) in [7, 11) is 0. The molecule has 30 heteroatoms. The third-order valence-corrected chi connectivity index (χ3v) is 14.7. The number of hydrogen-bond acceptors (Lipinski definition) is 15. The number of nitrogens with one attached hydrogen (secondary N) is 11. The smallest absolute Gasteiger partial charge is 0.300 e. The molecule has 4 heterocycles. The first-order valence-corrected chi connectivity index (χ1v) is 29.9. The number of rotatable bonds is 32. The number of carboxylic acids is 1. The SMILES string of the molecule is CC(=O)O.[2H]C([2H])([2H])C([2H])([2H])NC(=O)[C@@H]1CCCN1C(=O)[C@H](CCCN=C(N)N)NC(=O)[C@H](CC(C)C)NC(=O)[C@@H](CC(C)C)NC(=O)[C@H](Cc1ccc(O)cc1)NC(=O)[C@H](CO)NC(=O)[C@H](Cc1c[nH]c2ccccc12)NC(=O)[C@H](Cc1cnc[nH]1)NC(=O)[C@@H]1CCC(=O)N1. The zero-order chi connectivity index (χ0) is 71.2. The quantitative estimate of drug-likeness (QED) is 0.0153. The van der Waals surface area contributed by atoms with Gasteiger partial charge < -0.3 is 89.5 Å². The van der Waals surface area contributed by atoms with Crippen LogP contribution in [0.25, 0.3) is 10.9 Å². The number of aliphatic imine (C=N–C) groups is 1. The lowest BCUT2D eigenvalue weighted by Gasteiger charge is -2.31. The number of imidazole rings is 1. The van der Waals surface area contributed by atoms with E-state index < -0.39 is 133 Å². The number of H-pyrrole nitrogens is 2. The molecule has 0 unspecified atom stereocenters. The fourth-order valence-electron chi connectivity index (χ4n) is 10.4. The van der Waals surface area contributed by atoms with Crippen molar-refractivity contribution in [2.24, 2.45) is 28.3 Å². The van der Waals surface area contributed by atoms with E-state index in [9.17, 15) is 58.2 Å². The summed E-state index contributed by atoms with van der Waals surface area (Å²) >= 11 is 0. The van der Waals surface area contributed by atoms with Gasteiger partial charge in [0.15, 0.2) is 5.96 Å². The fraction of sp³-hybridized carbons (Fsp3) is 0.525. The number of carboxylic acid groups (broad SMARTS) is 1. The second-order valence-electron chi connectivity index (χ2n) is 23.0. The lowest BCUT2D eigenvalue weighted by Crippen LogP contribution is -2.61. The summed E-state index contributed by atoms with van der Waals surface area (Å²) in [5, 5.41) is 52.1. The van der Waals surface area contributed by atoms with Gasteiger partial charge in [-0.3, -0.25) is 57.7 Å². The van der Waals surface area contributed by atoms with Gasteiger partial charge in [0.2, 0.25) is 59.1 Å². The number of aromatic nitrogens is 3. The van der Waals surface area contributed by atoms with Crippen LogP contribution in [-0.4, -0.2) is 187 Å². The molecule has 2 aromatic carbocycles. The Bertz CT molecular complexity index is 3380. The molecular weight excluding hydrogens is 1180 g/mol. The monoisotopic (exact) mass is 1270 g/mol. The first-order valence-electron chi connectivity index (χ1n) is 32.4. The molecule has 10 amide bonds. The number of carbonyl (C=O) groups is 11. The third-order valence-electron chi connectivity index (χ3n) is 14.7. The molecular formula is C61H88N16O14. The van der Waals surface area contributed by atoms with Gasteiger partial charge in [-0.25, -0.2) is 4.98 Å². The lowest BCUT2D eigenvalue weighted by molar-refractivity contribution is -0.142. The summed E-state index contributed by atoms with van der Waals surface area (Å²) in [5.41, 5.74) is 13.2. The van der Waals surface area contributed by atoms with Crippen molar-refractivity contribution in [3.63, 3.8) is 0 Å². The van der Waals surface area contributed by atoms with Crippen molar-refractivity contribution < 1.29 is 74.9 Å². The first kappa shape index (κ1) is 64.4. The molecule has 2 saturated heterocycles. The molecule has 0 radical (unpaired) electrons. The van der Waals surface area contributed by atoms with Gasteiger partial charge in [-0.15, -0.1) is 0 Å². The zero-order valence-corrected chi connectivity index (χ0v) is 51.4. The molecule has 18 N–H and O–H groups in total. The van der Waals surface area contributed by atoms with Crippen LogP contribution >= 0.6 is 0 Å². The van der Waals surface area contributed by atoms with Crippen LogP contribution < -0.4 is 59.3 Å². The molecule has 0 saturated carbocycles. The van der Waals surface area contributed by atoms with Crippen molar-refractivity contribution in [1.29, 1.82) is 0 Å². The van der Waals surface area contributed by atoms with E-state index in [2.05, 4.69) is 62.5 Å². The third kappa shape index (κ3) is 23.1. The Balaban J connectivity index is 0.00000405. The first-order chi connectivity index (χ1) is 45.2. The summed E-state index contributed by atoms with van der Waals surface area (Å²) in [6.07, 6.45) is 4.47. The number of hydrogen-bond donors (Lipinski definition) is 16. The van der Waals surface area contributed by atoms with Gasteiger partial charge in [0.25, 0.3) is 5.97 Å². The van der Waals surface area contributed by atoms with Gasteiger partial charge in [0.05, 0.1) is 12.9 Å². The molecule has 0 bridgehead atoms. The maximum absolute atomic E-state index is 14.7. The van der Waals surface area contributed by atoms with E-state index in [-0.39, 0.29) is 113 Å². The summed E-state index contributed by atoms with van der Waals surface area (Å²) in [4.78, 5) is 165. The summed E-state index contributed by atoms with van der Waals surface area (Å²) in [6.45, 7) is 0.739. The van der Waals surface area contributed by atoms with Gasteiger partial charge in [-0.05, 0) is 93.0 Å². The number of aliphatic hydroxyl groups is 1. The van der Waals surface area contributed by atoms with Crippen LogP contribution in [0.5, 0.6) is 5.75 Å². The van der Waals surface area contributed by atoms with E-state index in [1.165, 1.54) is 36.8 Å². The molecule has 2 aromatic heterocycles. The van der Waals surface area contributed by atoms with E-state index in [0.29, 0.717) is 27.7 Å². The minimum Gasteiger partial charge on any atom is -0.508 e. The van der Waals surface area contributed by atoms with Crippen LogP contribution in [0.15, 0.2) is 72.2 Å². The van der Waals surface area contributed by atoms with Crippen LogP contribution in [0.2, 0.25) is 0 Å². The standard InChI is InChI=1S/C59H84N16O12.C2H4O2/c1-6-63-57(86)48-14-10-22-75(48)58(87)41(13-9-21-64-59(60)61)68-51(80)42(23-32(2)3)69-52(81)43(24-33(4)5)70-53(82)44(25-34-15-17-37(77)18-16-34)71-56(85)47(30-76)74-54(83)45(26-35-28-65-39-12-8-7-11-38(35)39)72-55(84)46(27-36-29-62-31-66-36)73-50(79)40-19-20-49(78)67-40;1-2(3)4/h7-8,11-12,15-18,28-29,31-33,40-48,65,76-77H,6,9-10,13-14,19-27,30H2,1-5H3,(H,62,66)(H,63,86)(H,67,78)(H,68,80)(H,69,81)(H,70,82)(H,71,85)(H,72,84)(H,73,79)(H,74,83)(H4,60,61,64);1H3,(H,3,4)/t40-,41-,42-,43+,44-,45-,46-,47-,48-;/m0./s1/i1D3,6D2;. The molecule has 9 atom stereocenters. The van der Waals surface area contributed by atoms with Crippen molar-refractivity contribution in [1.82, 2.24) is 67.7 Å². The van der Waals surface area contributed by atoms with Crippen LogP contribution in [-0.2, 0) is 72.0 Å². The Labute approximate surface area is 533 Å². The van der Waals surface area contributed by atoms with Crippen molar-refractivity contribution in [3.8, 4) is 5.75 Å². The fourth-order valence-corrected chi connectivity index (χ4v) is 10.4. The van der Waals surface area contributed by atoms with Crippen molar-refractivity contribution in [2.75, 3.05) is 26.2 Å². The van der Waals surface area contributed by atoms with E-state index in [1.54, 1.807) is 58.2 Å². The molecule has 2 aliphatic rings. The molecule has 30 nitrogen and oxygen atoms in total. The minimum atomic E-state index is -3.24. The molecule has 0 aliphatic carbocycles. The number of nitrogens with two attached hydrogens (primary N) is 2. The Morgan fingerprint density at radius 3 is 1.86 bits per heavy atom. The number of phenols is 1. The second kappa shape index (κ2) is 35.5. The highest BCUT2D eigenvalue weighted by atomic mass is 16.4. The second-order valence-corrected chi connectivity index (χ2v) is 23.0. The number of benzene rings is 2. The number of carbonyl (C=O) groups excluding carboxylic acids is 10. The van der Waals surface area contributed by atoms with Crippen LogP contribution in [0.4, 0.5) is 0 Å². The van der Waals surface area contributed by atoms with Crippen LogP contribution in [0.1, 0.15) is 117 Å². The highest BCUT2D eigenvalue weighted by Crippen LogP contribution is 2.22. The Morgan fingerprint density at radius 2 is 1.30 bits per heavy atom. The van der Waals surface area contributed by atoms with Crippen molar-refractivity contribution in [3.05, 3.63) is 84.1 Å². The van der Waals surface area contributed by atoms with Gasteiger partial charge in [-0.1, -0.05) is 58.0 Å². The van der Waals surface area contributed by atoms with Gasteiger partial charge in [-0.2, -0.15) is 0 Å². The average Bonchev–Trinajstić information content (AvgIpc) is 1.79. The molecule has 91 heavy (non-hydrogen) atoms. The molecule has 0 spiro atoms. The summed E-state index contributed by atoms with van der Waals surface area (Å²) in [6, 6.07) is 0.220. The van der Waals surface area contributed by atoms with Gasteiger partial charge >= 0.3 is 0 Å². The van der Waals surface area contributed by atoms with Crippen molar-refractivity contribution in [2.45, 2.75) is 166 Å².